The molecule has 202 valence electrons. The molecule has 9 nitrogen and oxygen atoms in total. The van der Waals surface area contributed by atoms with Crippen LogP contribution in [0.2, 0.25) is 0 Å². The van der Waals surface area contributed by atoms with Crippen molar-refractivity contribution < 1.29 is 32.5 Å². The fourth-order valence-corrected chi connectivity index (χ4v) is 6.14. The molecule has 0 saturated heterocycles. The zero-order chi connectivity index (χ0) is 27.0. The highest BCUT2D eigenvalue weighted by molar-refractivity contribution is 7.89. The van der Waals surface area contributed by atoms with E-state index in [0.717, 1.165) is 9.87 Å². The first-order chi connectivity index (χ1) is 18.4. The number of carbonyl (C=O) groups excluding carboxylic acids is 1. The highest BCUT2D eigenvalue weighted by Crippen LogP contribution is 2.33. The number of nitrogens with one attached hydrogen (secondary N) is 1. The van der Waals surface area contributed by atoms with Gasteiger partial charge in [0.05, 0.1) is 25.2 Å². The molecule has 2 atom stereocenters. The molecular formula is C27H30N2O7S2. The van der Waals surface area contributed by atoms with E-state index in [1.165, 1.54) is 19.2 Å². The van der Waals surface area contributed by atoms with Gasteiger partial charge < -0.3 is 24.6 Å². The van der Waals surface area contributed by atoms with E-state index in [1.54, 1.807) is 41.7 Å². The van der Waals surface area contributed by atoms with E-state index in [2.05, 4.69) is 5.32 Å². The fourth-order valence-electron chi connectivity index (χ4n) is 4.00. The third-order valence-corrected chi connectivity index (χ3v) is 8.59. The summed E-state index contributed by atoms with van der Waals surface area (Å²) >= 11 is 1.56. The number of ether oxygens (including phenoxy) is 3. The number of hydrogen-bond acceptors (Lipinski definition) is 8. The molecule has 0 fully saturated rings. The van der Waals surface area contributed by atoms with E-state index in [4.69, 9.17) is 14.2 Å². The van der Waals surface area contributed by atoms with Crippen LogP contribution in [0.1, 0.15) is 17.9 Å². The molecule has 0 spiro atoms. The SMILES string of the molecule is COc1ccc(S(=O)(=O)N(CCO)CCO[C@H]2C[C@@H](c3ccsc3)C=C(C(=O)Nc3ccccc3)O2)cc1. The van der Waals surface area contributed by atoms with Gasteiger partial charge in [0.1, 0.15) is 5.75 Å². The zero-order valence-electron chi connectivity index (χ0n) is 20.9. The normalized spacial score (nSPS) is 17.5. The van der Waals surface area contributed by atoms with Gasteiger partial charge in [0.25, 0.3) is 5.91 Å². The monoisotopic (exact) mass is 558 g/mol. The van der Waals surface area contributed by atoms with Gasteiger partial charge in [-0.05, 0) is 64.9 Å². The molecule has 1 aliphatic rings. The molecular weight excluding hydrogens is 528 g/mol. The van der Waals surface area contributed by atoms with Crippen LogP contribution in [-0.4, -0.2) is 63.4 Å². The third-order valence-electron chi connectivity index (χ3n) is 5.98. The van der Waals surface area contributed by atoms with Gasteiger partial charge in [-0.25, -0.2) is 8.42 Å². The minimum Gasteiger partial charge on any atom is -0.497 e. The van der Waals surface area contributed by atoms with Gasteiger partial charge in [-0.15, -0.1) is 0 Å². The van der Waals surface area contributed by atoms with Gasteiger partial charge in [-0.3, -0.25) is 4.79 Å². The Morgan fingerprint density at radius 3 is 2.55 bits per heavy atom. The number of sulfonamides is 1. The van der Waals surface area contributed by atoms with Gasteiger partial charge in [-0.2, -0.15) is 15.6 Å². The average molecular weight is 559 g/mol. The molecule has 0 bridgehead atoms. The lowest BCUT2D eigenvalue weighted by Gasteiger charge is -2.29. The Balaban J connectivity index is 1.43. The number of para-hydroxylation sites is 1. The number of allylic oxidation sites excluding steroid dienone is 1. The molecule has 1 aromatic heterocycles. The van der Waals surface area contributed by atoms with Crippen molar-refractivity contribution >= 4 is 33.0 Å². The van der Waals surface area contributed by atoms with Crippen LogP contribution in [-0.2, 0) is 24.3 Å². The Bertz CT molecular complexity index is 1310. The number of amides is 1. The number of hydrogen-bond donors (Lipinski definition) is 2. The van der Waals surface area contributed by atoms with E-state index >= 15 is 0 Å². The number of benzene rings is 2. The summed E-state index contributed by atoms with van der Waals surface area (Å²) in [5, 5.41) is 16.3. The average Bonchev–Trinajstić information content (AvgIpc) is 3.48. The highest BCUT2D eigenvalue weighted by Gasteiger charge is 2.30. The van der Waals surface area contributed by atoms with Crippen molar-refractivity contribution in [1.29, 1.82) is 0 Å². The molecule has 1 amide bonds. The van der Waals surface area contributed by atoms with Crippen LogP contribution >= 0.6 is 11.3 Å². The lowest BCUT2D eigenvalue weighted by molar-refractivity contribution is -0.143. The van der Waals surface area contributed by atoms with Crippen molar-refractivity contribution in [2.45, 2.75) is 23.5 Å². The Labute approximate surface area is 226 Å². The smallest absolute Gasteiger partial charge is 0.290 e. The molecule has 2 heterocycles. The van der Waals surface area contributed by atoms with Gasteiger partial charge >= 0.3 is 0 Å². The van der Waals surface area contributed by atoms with Crippen molar-refractivity contribution in [3.63, 3.8) is 0 Å². The summed E-state index contributed by atoms with van der Waals surface area (Å²) in [5.41, 5.74) is 1.68. The van der Waals surface area contributed by atoms with Gasteiger partial charge in [-0.1, -0.05) is 18.2 Å². The summed E-state index contributed by atoms with van der Waals surface area (Å²) in [6.45, 7) is -0.440. The molecule has 2 N–H and O–H groups in total. The van der Waals surface area contributed by atoms with Crippen molar-refractivity contribution in [2.24, 2.45) is 0 Å². The van der Waals surface area contributed by atoms with E-state index in [-0.39, 0.29) is 42.9 Å². The van der Waals surface area contributed by atoms with E-state index in [9.17, 15) is 18.3 Å². The lowest BCUT2D eigenvalue weighted by atomic mass is 9.95. The van der Waals surface area contributed by atoms with Crippen LogP contribution in [0.5, 0.6) is 5.75 Å². The largest absolute Gasteiger partial charge is 0.497 e. The minimum atomic E-state index is -3.87. The van der Waals surface area contributed by atoms with Crippen molar-refractivity contribution in [1.82, 2.24) is 4.31 Å². The Hall–Kier alpha value is -3.22. The Kier molecular flexibility index (Phi) is 9.53. The second-order valence-corrected chi connectivity index (χ2v) is 11.2. The van der Waals surface area contributed by atoms with Crippen LogP contribution in [0.4, 0.5) is 5.69 Å². The second kappa shape index (κ2) is 13.0. The van der Waals surface area contributed by atoms with Crippen LogP contribution in [0.15, 0.2) is 88.2 Å². The Morgan fingerprint density at radius 2 is 1.89 bits per heavy atom. The summed E-state index contributed by atoms with van der Waals surface area (Å²) < 4.78 is 44.4. The first-order valence-corrected chi connectivity index (χ1v) is 14.4. The van der Waals surface area contributed by atoms with E-state index in [1.807, 2.05) is 35.0 Å². The molecule has 38 heavy (non-hydrogen) atoms. The lowest BCUT2D eigenvalue weighted by Crippen LogP contribution is -2.37. The number of carbonyl (C=O) groups is 1. The Morgan fingerprint density at radius 1 is 1.13 bits per heavy atom. The topological polar surface area (TPSA) is 114 Å². The van der Waals surface area contributed by atoms with E-state index in [0.29, 0.717) is 17.9 Å². The second-order valence-electron chi connectivity index (χ2n) is 8.47. The highest BCUT2D eigenvalue weighted by atomic mass is 32.2. The van der Waals surface area contributed by atoms with E-state index < -0.39 is 22.2 Å². The molecule has 0 unspecified atom stereocenters. The van der Waals surface area contributed by atoms with Crippen molar-refractivity contribution in [2.75, 3.05) is 38.7 Å². The van der Waals surface area contributed by atoms with Crippen molar-refractivity contribution in [3.8, 4) is 5.75 Å². The number of nitrogens with zero attached hydrogens (tertiary/aromatic N) is 1. The quantitative estimate of drug-likeness (QED) is 0.348. The third kappa shape index (κ3) is 7.00. The molecule has 0 aliphatic carbocycles. The molecule has 0 radical (unpaired) electrons. The first-order valence-electron chi connectivity index (χ1n) is 12.0. The fraction of sp³-hybridized carbons (Fsp3) is 0.296. The molecule has 4 rings (SSSR count). The molecule has 0 saturated carbocycles. The number of thiophene rings is 1. The summed E-state index contributed by atoms with van der Waals surface area (Å²) in [6.07, 6.45) is 1.48. The number of aliphatic hydroxyl groups excluding tert-OH is 1. The molecule has 11 heteroatoms. The van der Waals surface area contributed by atoms with Crippen LogP contribution in [0.25, 0.3) is 0 Å². The predicted molar refractivity (Wildman–Crippen MR) is 144 cm³/mol. The summed E-state index contributed by atoms with van der Waals surface area (Å²) in [5.74, 6) is 0.178. The van der Waals surface area contributed by atoms with Gasteiger partial charge in [0.2, 0.25) is 16.3 Å². The summed E-state index contributed by atoms with van der Waals surface area (Å²) in [7, 11) is -2.37. The van der Waals surface area contributed by atoms with Crippen molar-refractivity contribution in [3.05, 3.63) is 88.8 Å². The van der Waals surface area contributed by atoms with Gasteiger partial charge in [0, 0.05) is 31.1 Å². The van der Waals surface area contributed by atoms with Gasteiger partial charge in [0.15, 0.2) is 5.76 Å². The van der Waals surface area contributed by atoms with Crippen LogP contribution < -0.4 is 10.1 Å². The number of methoxy groups -OCH3 is 1. The summed E-state index contributed by atoms with van der Waals surface area (Å²) in [6, 6.07) is 17.1. The number of anilines is 1. The molecule has 1 aliphatic heterocycles. The number of rotatable bonds is 12. The maximum absolute atomic E-state index is 13.2. The molecule has 3 aromatic rings. The summed E-state index contributed by atoms with van der Waals surface area (Å²) in [4.78, 5) is 13.0. The predicted octanol–water partition coefficient (Wildman–Crippen LogP) is 3.81. The maximum Gasteiger partial charge on any atom is 0.290 e. The first kappa shape index (κ1) is 27.8. The van der Waals surface area contributed by atoms with Crippen LogP contribution in [0.3, 0.4) is 0 Å². The van der Waals surface area contributed by atoms with Crippen LogP contribution in [0, 0.1) is 0 Å². The molecule has 2 aromatic carbocycles. The zero-order valence-corrected chi connectivity index (χ0v) is 22.5. The standard InChI is InChI=1S/C27H30N2O7S2/c1-34-23-7-9-24(10-8-23)38(32,33)29(12-14-30)13-15-35-26-18-21(20-11-16-37-19-20)17-25(36-26)27(31)28-22-5-3-2-4-6-22/h2-11,16-17,19,21,26,30H,12-15,18H2,1H3,(H,28,31)/t21-,26+/m0/s1. The maximum atomic E-state index is 13.2. The minimum absolute atomic E-state index is 0.00396. The number of aliphatic hydroxyl groups is 1.